The minimum atomic E-state index is 0.417. The topological polar surface area (TPSA) is 70.4 Å². The molecule has 1 aromatic heterocycles. The van der Waals surface area contributed by atoms with Crippen LogP contribution in [-0.2, 0) is 19.4 Å². The van der Waals surface area contributed by atoms with Crippen LogP contribution >= 0.6 is 0 Å². The zero-order valence-corrected chi connectivity index (χ0v) is 17.7. The van der Waals surface area contributed by atoms with Crippen molar-refractivity contribution in [3.63, 3.8) is 0 Å². The molecule has 2 rings (SSSR count). The number of hydrogen-bond donors (Lipinski definition) is 2. The highest BCUT2D eigenvalue weighted by atomic mass is 15.3. The molecule has 0 aliphatic rings. The zero-order chi connectivity index (χ0) is 20.2. The normalized spacial score (nSPS) is 13.0. The molecule has 2 N–H and O–H groups in total. The van der Waals surface area contributed by atoms with Crippen LogP contribution in [0.2, 0.25) is 0 Å². The van der Waals surface area contributed by atoms with Gasteiger partial charge in [-0.25, -0.2) is 0 Å². The molecule has 1 heterocycles. The smallest absolute Gasteiger partial charge is 0.191 e. The standard InChI is InChI=1S/C21H35N7/c1-5-20-26-25-17-28(20)14-13-23-21(22-4)24-16-19(27(6-2)7-3)15-18-11-9-8-10-12-18/h8-12,17,19H,5-7,13-16H2,1-4H3,(H2,22,23,24). The number of hydrogen-bond acceptors (Lipinski definition) is 4. The van der Waals surface area contributed by atoms with E-state index in [1.165, 1.54) is 5.56 Å². The van der Waals surface area contributed by atoms with Gasteiger partial charge in [0, 0.05) is 39.1 Å². The van der Waals surface area contributed by atoms with Gasteiger partial charge in [0.1, 0.15) is 12.2 Å². The Bertz CT molecular complexity index is 692. The van der Waals surface area contributed by atoms with Gasteiger partial charge in [0.05, 0.1) is 0 Å². The second-order valence-corrected chi connectivity index (χ2v) is 6.74. The molecule has 154 valence electrons. The number of benzene rings is 1. The number of rotatable bonds is 11. The Morgan fingerprint density at radius 1 is 1.14 bits per heavy atom. The van der Waals surface area contributed by atoms with Gasteiger partial charge in [-0.05, 0) is 25.1 Å². The summed E-state index contributed by atoms with van der Waals surface area (Å²) in [6, 6.07) is 11.1. The van der Waals surface area contributed by atoms with E-state index < -0.39 is 0 Å². The lowest BCUT2D eigenvalue weighted by molar-refractivity contribution is 0.215. The van der Waals surface area contributed by atoms with Crippen molar-refractivity contribution in [1.82, 2.24) is 30.3 Å². The molecule has 0 bridgehead atoms. The molecule has 0 aliphatic carbocycles. The van der Waals surface area contributed by atoms with Crippen molar-refractivity contribution in [1.29, 1.82) is 0 Å². The van der Waals surface area contributed by atoms with E-state index in [2.05, 4.69) is 86.4 Å². The highest BCUT2D eigenvalue weighted by Gasteiger charge is 2.16. The van der Waals surface area contributed by atoms with Gasteiger partial charge in [-0.1, -0.05) is 51.1 Å². The van der Waals surface area contributed by atoms with E-state index in [0.29, 0.717) is 6.04 Å². The fraction of sp³-hybridized carbons (Fsp3) is 0.571. The fourth-order valence-electron chi connectivity index (χ4n) is 3.43. The first-order valence-electron chi connectivity index (χ1n) is 10.3. The van der Waals surface area contributed by atoms with E-state index >= 15 is 0 Å². The van der Waals surface area contributed by atoms with Crippen molar-refractivity contribution in [2.45, 2.75) is 46.2 Å². The van der Waals surface area contributed by atoms with E-state index in [-0.39, 0.29) is 0 Å². The molecule has 0 saturated heterocycles. The van der Waals surface area contributed by atoms with Gasteiger partial charge in [0.25, 0.3) is 0 Å². The highest BCUT2D eigenvalue weighted by Crippen LogP contribution is 2.08. The molecule has 0 amide bonds. The molecule has 7 nitrogen and oxygen atoms in total. The highest BCUT2D eigenvalue weighted by molar-refractivity contribution is 5.79. The van der Waals surface area contributed by atoms with Crippen molar-refractivity contribution in [2.75, 3.05) is 33.2 Å². The predicted molar refractivity (Wildman–Crippen MR) is 116 cm³/mol. The first-order valence-corrected chi connectivity index (χ1v) is 10.3. The summed E-state index contributed by atoms with van der Waals surface area (Å²) in [7, 11) is 1.81. The molecule has 28 heavy (non-hydrogen) atoms. The lowest BCUT2D eigenvalue weighted by Gasteiger charge is -2.30. The van der Waals surface area contributed by atoms with E-state index in [1.54, 1.807) is 6.33 Å². The van der Waals surface area contributed by atoms with Crippen LogP contribution in [0.3, 0.4) is 0 Å². The number of guanidine groups is 1. The zero-order valence-electron chi connectivity index (χ0n) is 17.7. The summed E-state index contributed by atoms with van der Waals surface area (Å²) in [5, 5.41) is 15.0. The largest absolute Gasteiger partial charge is 0.355 e. The van der Waals surface area contributed by atoms with E-state index in [9.17, 15) is 0 Å². The molecule has 0 spiro atoms. The maximum atomic E-state index is 4.37. The summed E-state index contributed by atoms with van der Waals surface area (Å²) in [5.41, 5.74) is 1.36. The summed E-state index contributed by atoms with van der Waals surface area (Å²) in [6.07, 6.45) is 3.69. The van der Waals surface area contributed by atoms with E-state index in [0.717, 1.165) is 57.3 Å². The molecule has 1 unspecified atom stereocenters. The Hall–Kier alpha value is -2.41. The van der Waals surface area contributed by atoms with Crippen LogP contribution in [0.5, 0.6) is 0 Å². The Kier molecular flexibility index (Phi) is 9.48. The molecule has 0 aliphatic heterocycles. The maximum absolute atomic E-state index is 4.37. The molecule has 2 aromatic rings. The van der Waals surface area contributed by atoms with Crippen molar-refractivity contribution >= 4 is 5.96 Å². The van der Waals surface area contributed by atoms with Crippen LogP contribution in [0.25, 0.3) is 0 Å². The van der Waals surface area contributed by atoms with Crippen molar-refractivity contribution in [2.24, 2.45) is 4.99 Å². The van der Waals surface area contributed by atoms with Gasteiger partial charge >= 0.3 is 0 Å². The second kappa shape index (κ2) is 12.1. The first kappa shape index (κ1) is 21.9. The number of nitrogens with one attached hydrogen (secondary N) is 2. The molecule has 0 radical (unpaired) electrons. The summed E-state index contributed by atoms with van der Waals surface area (Å²) in [4.78, 5) is 6.87. The Balaban J connectivity index is 1.88. The minimum Gasteiger partial charge on any atom is -0.355 e. The Morgan fingerprint density at radius 2 is 1.89 bits per heavy atom. The van der Waals surface area contributed by atoms with Crippen LogP contribution in [0, 0.1) is 0 Å². The van der Waals surface area contributed by atoms with Crippen molar-refractivity contribution < 1.29 is 0 Å². The van der Waals surface area contributed by atoms with Crippen LogP contribution in [0.4, 0.5) is 0 Å². The third kappa shape index (κ3) is 6.64. The number of likely N-dealkylation sites (N-methyl/N-ethyl adjacent to an activating group) is 1. The van der Waals surface area contributed by atoms with Gasteiger partial charge in [-0.2, -0.15) is 0 Å². The summed E-state index contributed by atoms with van der Waals surface area (Å²) in [6.45, 7) is 11.1. The molecule has 7 heteroatoms. The monoisotopic (exact) mass is 385 g/mol. The van der Waals surface area contributed by atoms with Crippen LogP contribution < -0.4 is 10.6 Å². The Labute approximate surface area is 169 Å². The van der Waals surface area contributed by atoms with Gasteiger partial charge in [0.2, 0.25) is 0 Å². The lowest BCUT2D eigenvalue weighted by atomic mass is 10.0. The molecule has 0 saturated carbocycles. The van der Waals surface area contributed by atoms with Crippen molar-refractivity contribution in [3.05, 3.63) is 48.0 Å². The van der Waals surface area contributed by atoms with E-state index in [1.807, 2.05) is 7.05 Å². The maximum Gasteiger partial charge on any atom is 0.191 e. The third-order valence-electron chi connectivity index (χ3n) is 5.03. The van der Waals surface area contributed by atoms with Gasteiger partial charge in [0.15, 0.2) is 5.96 Å². The van der Waals surface area contributed by atoms with Crippen LogP contribution in [-0.4, -0.2) is 64.9 Å². The molecular formula is C21H35N7. The lowest BCUT2D eigenvalue weighted by Crippen LogP contribution is -2.48. The number of aromatic nitrogens is 3. The average Bonchev–Trinajstić information content (AvgIpc) is 3.19. The van der Waals surface area contributed by atoms with Gasteiger partial charge < -0.3 is 15.2 Å². The van der Waals surface area contributed by atoms with Crippen LogP contribution in [0.15, 0.2) is 41.7 Å². The summed E-state index contributed by atoms with van der Waals surface area (Å²) >= 11 is 0. The molecular weight excluding hydrogens is 350 g/mol. The minimum absolute atomic E-state index is 0.417. The van der Waals surface area contributed by atoms with E-state index in [4.69, 9.17) is 0 Å². The first-order chi connectivity index (χ1) is 13.7. The quantitative estimate of drug-likeness (QED) is 0.457. The number of nitrogens with zero attached hydrogens (tertiary/aromatic N) is 5. The Morgan fingerprint density at radius 3 is 2.54 bits per heavy atom. The summed E-state index contributed by atoms with van der Waals surface area (Å²) < 4.78 is 2.08. The second-order valence-electron chi connectivity index (χ2n) is 6.74. The predicted octanol–water partition coefficient (Wildman–Crippen LogP) is 1.96. The summed E-state index contributed by atoms with van der Waals surface area (Å²) in [5.74, 6) is 1.84. The third-order valence-corrected chi connectivity index (χ3v) is 5.03. The SMILES string of the molecule is CCc1nncn1CCNC(=NC)NCC(Cc1ccccc1)N(CC)CC. The van der Waals surface area contributed by atoms with Gasteiger partial charge in [-0.3, -0.25) is 9.89 Å². The fourth-order valence-corrected chi connectivity index (χ4v) is 3.43. The number of aliphatic imine (C=N–C) groups is 1. The van der Waals surface area contributed by atoms with Crippen molar-refractivity contribution in [3.8, 4) is 0 Å². The van der Waals surface area contributed by atoms with Crippen LogP contribution in [0.1, 0.15) is 32.2 Å². The van der Waals surface area contributed by atoms with Gasteiger partial charge in [-0.15, -0.1) is 10.2 Å². The molecule has 1 atom stereocenters. The average molecular weight is 386 g/mol. The molecule has 0 fully saturated rings. The number of aryl methyl sites for hydroxylation is 1. The molecule has 1 aromatic carbocycles.